The average molecular weight is 390 g/mol. The van der Waals surface area contributed by atoms with Crippen molar-refractivity contribution in [1.82, 2.24) is 0 Å². The van der Waals surface area contributed by atoms with Gasteiger partial charge < -0.3 is 24.4 Å². The molecule has 2 aromatic carbocycles. The van der Waals surface area contributed by atoms with Crippen molar-refractivity contribution in [3.8, 4) is 17.2 Å². The van der Waals surface area contributed by atoms with Crippen LogP contribution in [0, 0.1) is 0 Å². The molecule has 1 amide bonds. The van der Waals surface area contributed by atoms with Crippen LogP contribution >= 0.6 is 0 Å². The van der Waals surface area contributed by atoms with Crippen LogP contribution in [0.4, 0.5) is 20.2 Å². The van der Waals surface area contributed by atoms with Crippen molar-refractivity contribution < 1.29 is 27.8 Å². The van der Waals surface area contributed by atoms with Gasteiger partial charge in [-0.05, 0) is 55.7 Å². The standard InChI is InChI=1S/C20H20F2N2O4/c1-12(19(25)23-14-4-7-17-18(10-14)27-11-26-17)24-8-2-3-13-9-15(28-20(21)22)5-6-16(13)24/h4-7,9-10,12,20H,2-3,8,11H2,1H3,(H,23,25). The fourth-order valence-corrected chi connectivity index (χ4v) is 3.54. The number of hydrogen-bond donors (Lipinski definition) is 1. The number of benzene rings is 2. The zero-order valence-electron chi connectivity index (χ0n) is 15.3. The minimum absolute atomic E-state index is 0.132. The molecule has 4 rings (SSSR count). The van der Waals surface area contributed by atoms with Gasteiger partial charge in [0.1, 0.15) is 11.8 Å². The lowest BCUT2D eigenvalue weighted by Gasteiger charge is -2.35. The first-order valence-corrected chi connectivity index (χ1v) is 9.06. The Morgan fingerprint density at radius 1 is 1.18 bits per heavy atom. The highest BCUT2D eigenvalue weighted by molar-refractivity contribution is 5.97. The van der Waals surface area contributed by atoms with Gasteiger partial charge in [0.05, 0.1) is 0 Å². The molecule has 1 N–H and O–H groups in total. The first-order valence-electron chi connectivity index (χ1n) is 9.06. The molecule has 28 heavy (non-hydrogen) atoms. The van der Waals surface area contributed by atoms with E-state index < -0.39 is 12.7 Å². The Labute approximate surface area is 161 Å². The predicted molar refractivity (Wildman–Crippen MR) is 99.4 cm³/mol. The van der Waals surface area contributed by atoms with Crippen LogP contribution in [0.1, 0.15) is 18.9 Å². The monoisotopic (exact) mass is 390 g/mol. The highest BCUT2D eigenvalue weighted by Gasteiger charge is 2.27. The Kier molecular flexibility index (Phi) is 4.93. The number of hydrogen-bond acceptors (Lipinski definition) is 5. The highest BCUT2D eigenvalue weighted by atomic mass is 19.3. The van der Waals surface area contributed by atoms with Gasteiger partial charge in [0, 0.05) is 24.0 Å². The smallest absolute Gasteiger partial charge is 0.387 e. The number of halogens is 2. The summed E-state index contributed by atoms with van der Waals surface area (Å²) in [6.07, 6.45) is 1.58. The first-order chi connectivity index (χ1) is 13.5. The molecule has 1 atom stereocenters. The molecule has 0 fully saturated rings. The molecule has 0 aromatic heterocycles. The molecule has 8 heteroatoms. The third kappa shape index (κ3) is 3.67. The Bertz CT molecular complexity index is 891. The lowest BCUT2D eigenvalue weighted by atomic mass is 9.99. The van der Waals surface area contributed by atoms with Crippen molar-refractivity contribution in [1.29, 1.82) is 0 Å². The molecule has 0 spiro atoms. The van der Waals surface area contributed by atoms with E-state index in [9.17, 15) is 13.6 Å². The van der Waals surface area contributed by atoms with E-state index in [-0.39, 0.29) is 18.4 Å². The Hall–Kier alpha value is -3.03. The van der Waals surface area contributed by atoms with E-state index in [4.69, 9.17) is 9.47 Å². The van der Waals surface area contributed by atoms with Gasteiger partial charge in [-0.1, -0.05) is 0 Å². The number of nitrogens with zero attached hydrogens (tertiary/aromatic N) is 1. The molecular weight excluding hydrogens is 370 g/mol. The van der Waals surface area contributed by atoms with Gasteiger partial charge >= 0.3 is 6.61 Å². The molecule has 2 aliphatic rings. The fourth-order valence-electron chi connectivity index (χ4n) is 3.54. The SMILES string of the molecule is CC(C(=O)Nc1ccc2c(c1)OCO2)N1CCCc2cc(OC(F)F)ccc21. The zero-order chi connectivity index (χ0) is 19.7. The summed E-state index contributed by atoms with van der Waals surface area (Å²) in [6.45, 7) is -0.159. The normalized spacial score (nSPS) is 15.9. The lowest BCUT2D eigenvalue weighted by molar-refractivity contribution is -0.117. The van der Waals surface area contributed by atoms with Crippen LogP contribution in [0.3, 0.4) is 0 Å². The number of carbonyl (C=O) groups is 1. The number of carbonyl (C=O) groups excluding carboxylic acids is 1. The third-order valence-corrected chi connectivity index (χ3v) is 4.92. The number of aryl methyl sites for hydroxylation is 1. The van der Waals surface area contributed by atoms with Crippen LogP contribution in [0.25, 0.3) is 0 Å². The van der Waals surface area contributed by atoms with E-state index in [0.717, 1.165) is 24.1 Å². The van der Waals surface area contributed by atoms with Crippen molar-refractivity contribution >= 4 is 17.3 Å². The Morgan fingerprint density at radius 2 is 2.00 bits per heavy atom. The van der Waals surface area contributed by atoms with Crippen LogP contribution < -0.4 is 24.4 Å². The molecule has 0 aliphatic carbocycles. The number of anilines is 2. The number of fused-ring (bicyclic) bond motifs is 2. The van der Waals surface area contributed by atoms with Gasteiger partial charge in [0.25, 0.3) is 0 Å². The summed E-state index contributed by atoms with van der Waals surface area (Å²) in [5.74, 6) is 1.21. The number of ether oxygens (including phenoxy) is 3. The van der Waals surface area contributed by atoms with Crippen molar-refractivity contribution in [3.63, 3.8) is 0 Å². The summed E-state index contributed by atoms with van der Waals surface area (Å²) in [7, 11) is 0. The summed E-state index contributed by atoms with van der Waals surface area (Å²) in [4.78, 5) is 14.8. The minimum atomic E-state index is -2.86. The minimum Gasteiger partial charge on any atom is -0.454 e. The summed E-state index contributed by atoms with van der Waals surface area (Å²) in [5, 5.41) is 2.90. The van der Waals surface area contributed by atoms with E-state index in [2.05, 4.69) is 10.1 Å². The predicted octanol–water partition coefficient (Wildman–Crippen LogP) is 3.80. The van der Waals surface area contributed by atoms with Crippen LogP contribution in [-0.2, 0) is 11.2 Å². The van der Waals surface area contributed by atoms with Crippen molar-refractivity contribution in [2.45, 2.75) is 32.4 Å². The molecule has 0 radical (unpaired) electrons. The molecule has 6 nitrogen and oxygen atoms in total. The van der Waals surface area contributed by atoms with Crippen LogP contribution in [0.15, 0.2) is 36.4 Å². The molecule has 148 valence electrons. The number of amides is 1. The van der Waals surface area contributed by atoms with Crippen molar-refractivity contribution in [2.24, 2.45) is 0 Å². The topological polar surface area (TPSA) is 60.0 Å². The quantitative estimate of drug-likeness (QED) is 0.842. The first kappa shape index (κ1) is 18.3. The van der Waals surface area contributed by atoms with Gasteiger partial charge in [-0.25, -0.2) is 0 Å². The van der Waals surface area contributed by atoms with Crippen molar-refractivity contribution in [3.05, 3.63) is 42.0 Å². The van der Waals surface area contributed by atoms with Crippen molar-refractivity contribution in [2.75, 3.05) is 23.6 Å². The second-order valence-corrected chi connectivity index (χ2v) is 6.70. The lowest BCUT2D eigenvalue weighted by Crippen LogP contribution is -2.44. The Balaban J connectivity index is 1.49. The van der Waals surface area contributed by atoms with Gasteiger partial charge in [0.2, 0.25) is 12.7 Å². The Morgan fingerprint density at radius 3 is 2.82 bits per heavy atom. The zero-order valence-corrected chi connectivity index (χ0v) is 15.3. The molecule has 2 aromatic rings. The molecular formula is C20H20F2N2O4. The molecule has 1 unspecified atom stereocenters. The summed E-state index contributed by atoms with van der Waals surface area (Å²) in [5.41, 5.74) is 2.38. The molecule has 2 aliphatic heterocycles. The maximum absolute atomic E-state index is 12.8. The highest BCUT2D eigenvalue weighted by Crippen LogP contribution is 2.35. The van der Waals surface area contributed by atoms with Crippen LogP contribution in [0.2, 0.25) is 0 Å². The maximum atomic E-state index is 12.8. The molecule has 2 heterocycles. The largest absolute Gasteiger partial charge is 0.454 e. The van der Waals surface area contributed by atoms with E-state index in [1.165, 1.54) is 6.07 Å². The molecule has 0 bridgehead atoms. The van der Waals surface area contributed by atoms with Gasteiger partial charge in [0.15, 0.2) is 11.5 Å². The number of nitrogens with one attached hydrogen (secondary N) is 1. The van der Waals surface area contributed by atoms with Crippen LogP contribution in [-0.4, -0.2) is 31.9 Å². The summed E-state index contributed by atoms with van der Waals surface area (Å²) < 4.78 is 40.0. The number of alkyl halides is 2. The fraction of sp³-hybridized carbons (Fsp3) is 0.350. The van der Waals surface area contributed by atoms with Gasteiger partial charge in [-0.3, -0.25) is 4.79 Å². The van der Waals surface area contributed by atoms with E-state index in [1.807, 2.05) is 11.8 Å². The second kappa shape index (κ2) is 7.53. The van der Waals surface area contributed by atoms with E-state index >= 15 is 0 Å². The molecule has 0 saturated heterocycles. The maximum Gasteiger partial charge on any atom is 0.387 e. The van der Waals surface area contributed by atoms with E-state index in [1.54, 1.807) is 30.3 Å². The molecule has 0 saturated carbocycles. The van der Waals surface area contributed by atoms with E-state index in [0.29, 0.717) is 23.7 Å². The van der Waals surface area contributed by atoms with Gasteiger partial charge in [-0.15, -0.1) is 0 Å². The summed E-state index contributed by atoms with van der Waals surface area (Å²) in [6, 6.07) is 9.66. The average Bonchev–Trinajstić information content (AvgIpc) is 3.14. The third-order valence-electron chi connectivity index (χ3n) is 4.92. The van der Waals surface area contributed by atoms with Gasteiger partial charge in [-0.2, -0.15) is 8.78 Å². The van der Waals surface area contributed by atoms with Crippen LogP contribution in [0.5, 0.6) is 17.2 Å². The second-order valence-electron chi connectivity index (χ2n) is 6.70. The summed E-state index contributed by atoms with van der Waals surface area (Å²) >= 11 is 0. The number of rotatable bonds is 5.